The molecule has 0 bridgehead atoms. The van der Waals surface area contributed by atoms with Crippen LogP contribution < -0.4 is 10.6 Å². The standard InChI is InChI=1S/C21H17N5O/c27-21-7-4-14-11-16(5-6-17(14)25-21)24-19-12-18-15(13-23-19)8-10-26(18)20-3-1-2-9-22-20/h1-3,5-6,8-13H,4,7H2,(H,23,24)(H,25,27). The Hall–Kier alpha value is -3.67. The van der Waals surface area contributed by atoms with E-state index in [0.29, 0.717) is 6.42 Å². The number of aryl methyl sites for hydroxylation is 1. The molecule has 0 fully saturated rings. The summed E-state index contributed by atoms with van der Waals surface area (Å²) in [4.78, 5) is 20.5. The lowest BCUT2D eigenvalue weighted by atomic mass is 10.0. The summed E-state index contributed by atoms with van der Waals surface area (Å²) < 4.78 is 2.05. The van der Waals surface area contributed by atoms with Crippen molar-refractivity contribution in [1.29, 1.82) is 0 Å². The molecule has 1 aromatic carbocycles. The molecule has 0 saturated heterocycles. The SMILES string of the molecule is O=C1CCc2cc(Nc3cc4c(ccn4-c4ccccn4)cn3)ccc2N1. The Labute approximate surface area is 155 Å². The molecular weight excluding hydrogens is 338 g/mol. The lowest BCUT2D eigenvalue weighted by molar-refractivity contribution is -0.116. The second-order valence-electron chi connectivity index (χ2n) is 6.55. The van der Waals surface area contributed by atoms with Gasteiger partial charge in [0.15, 0.2) is 0 Å². The van der Waals surface area contributed by atoms with E-state index in [-0.39, 0.29) is 5.91 Å². The van der Waals surface area contributed by atoms with Gasteiger partial charge in [-0.3, -0.25) is 4.79 Å². The number of pyridine rings is 2. The number of benzene rings is 1. The maximum absolute atomic E-state index is 11.5. The van der Waals surface area contributed by atoms with E-state index in [1.165, 1.54) is 0 Å². The van der Waals surface area contributed by atoms with Gasteiger partial charge < -0.3 is 15.2 Å². The zero-order chi connectivity index (χ0) is 18.2. The van der Waals surface area contributed by atoms with Gasteiger partial charge in [0.25, 0.3) is 0 Å². The molecule has 0 aliphatic carbocycles. The molecule has 1 aliphatic heterocycles. The number of anilines is 3. The summed E-state index contributed by atoms with van der Waals surface area (Å²) in [7, 11) is 0. The predicted molar refractivity (Wildman–Crippen MR) is 106 cm³/mol. The molecule has 0 atom stereocenters. The number of carbonyl (C=O) groups is 1. The summed E-state index contributed by atoms with van der Waals surface area (Å²) in [6.07, 6.45) is 6.92. The third kappa shape index (κ3) is 2.91. The van der Waals surface area contributed by atoms with Gasteiger partial charge in [-0.15, -0.1) is 0 Å². The van der Waals surface area contributed by atoms with Crippen molar-refractivity contribution in [2.75, 3.05) is 10.6 Å². The van der Waals surface area contributed by atoms with Crippen LogP contribution in [0, 0.1) is 0 Å². The van der Waals surface area contributed by atoms with E-state index in [0.717, 1.165) is 45.9 Å². The number of carbonyl (C=O) groups excluding carboxylic acids is 1. The van der Waals surface area contributed by atoms with Crippen LogP contribution in [-0.4, -0.2) is 20.4 Å². The van der Waals surface area contributed by atoms with E-state index >= 15 is 0 Å². The third-order valence-corrected chi connectivity index (χ3v) is 4.74. The van der Waals surface area contributed by atoms with Crippen LogP contribution in [-0.2, 0) is 11.2 Å². The molecule has 1 amide bonds. The van der Waals surface area contributed by atoms with Crippen molar-refractivity contribution in [3.63, 3.8) is 0 Å². The van der Waals surface area contributed by atoms with E-state index < -0.39 is 0 Å². The van der Waals surface area contributed by atoms with Gasteiger partial charge in [-0.2, -0.15) is 0 Å². The van der Waals surface area contributed by atoms with Crippen molar-refractivity contribution in [2.24, 2.45) is 0 Å². The summed E-state index contributed by atoms with van der Waals surface area (Å²) in [5.41, 5.74) is 4.02. The van der Waals surface area contributed by atoms with Gasteiger partial charge in [-0.25, -0.2) is 9.97 Å². The maximum Gasteiger partial charge on any atom is 0.224 e. The summed E-state index contributed by atoms with van der Waals surface area (Å²) in [5.74, 6) is 1.71. The topological polar surface area (TPSA) is 71.8 Å². The fraction of sp³-hybridized carbons (Fsp3) is 0.0952. The highest BCUT2D eigenvalue weighted by atomic mass is 16.1. The first-order valence-corrected chi connectivity index (χ1v) is 8.84. The van der Waals surface area contributed by atoms with Crippen LogP contribution in [0.2, 0.25) is 0 Å². The molecule has 5 rings (SSSR count). The molecule has 4 aromatic rings. The molecule has 0 unspecified atom stereocenters. The molecule has 1 aliphatic rings. The first kappa shape index (κ1) is 15.6. The van der Waals surface area contributed by atoms with Gasteiger partial charge in [0.05, 0.1) is 5.52 Å². The van der Waals surface area contributed by atoms with Gasteiger partial charge in [0.2, 0.25) is 5.91 Å². The largest absolute Gasteiger partial charge is 0.340 e. The van der Waals surface area contributed by atoms with Crippen molar-refractivity contribution in [1.82, 2.24) is 14.5 Å². The molecule has 0 saturated carbocycles. The predicted octanol–water partition coefficient (Wildman–Crippen LogP) is 4.05. The lowest BCUT2D eigenvalue weighted by Crippen LogP contribution is -2.18. The lowest BCUT2D eigenvalue weighted by Gasteiger charge is -2.18. The van der Waals surface area contributed by atoms with Crippen LogP contribution in [0.15, 0.2) is 67.1 Å². The molecular formula is C21H17N5O. The van der Waals surface area contributed by atoms with E-state index in [2.05, 4.69) is 26.7 Å². The Bertz CT molecular complexity index is 1150. The minimum atomic E-state index is 0.0746. The minimum absolute atomic E-state index is 0.0746. The van der Waals surface area contributed by atoms with Crippen molar-refractivity contribution < 1.29 is 4.79 Å². The molecule has 6 heteroatoms. The van der Waals surface area contributed by atoms with Crippen molar-refractivity contribution in [3.05, 3.63) is 72.7 Å². The van der Waals surface area contributed by atoms with Crippen LogP contribution in [0.4, 0.5) is 17.2 Å². The van der Waals surface area contributed by atoms with Gasteiger partial charge in [-0.05, 0) is 48.4 Å². The number of fused-ring (bicyclic) bond motifs is 2. The summed E-state index contributed by atoms with van der Waals surface area (Å²) >= 11 is 0. The quantitative estimate of drug-likeness (QED) is 0.582. The van der Waals surface area contributed by atoms with Crippen molar-refractivity contribution in [2.45, 2.75) is 12.8 Å². The Balaban J connectivity index is 1.48. The molecule has 132 valence electrons. The molecule has 2 N–H and O–H groups in total. The van der Waals surface area contributed by atoms with Crippen LogP contribution in [0.1, 0.15) is 12.0 Å². The molecule has 3 aromatic heterocycles. The number of hydrogen-bond acceptors (Lipinski definition) is 4. The highest BCUT2D eigenvalue weighted by Gasteiger charge is 2.15. The smallest absolute Gasteiger partial charge is 0.224 e. The highest BCUT2D eigenvalue weighted by molar-refractivity contribution is 5.94. The van der Waals surface area contributed by atoms with Crippen molar-refractivity contribution >= 4 is 34.0 Å². The fourth-order valence-electron chi connectivity index (χ4n) is 3.40. The molecule has 0 spiro atoms. The zero-order valence-corrected chi connectivity index (χ0v) is 14.5. The summed E-state index contributed by atoms with van der Waals surface area (Å²) in [6.45, 7) is 0. The summed E-state index contributed by atoms with van der Waals surface area (Å²) in [6, 6.07) is 15.9. The Kier molecular flexibility index (Phi) is 3.60. The number of nitrogens with zero attached hydrogens (tertiary/aromatic N) is 3. The molecule has 0 radical (unpaired) electrons. The number of hydrogen-bond donors (Lipinski definition) is 2. The highest BCUT2D eigenvalue weighted by Crippen LogP contribution is 2.28. The molecule has 27 heavy (non-hydrogen) atoms. The van der Waals surface area contributed by atoms with E-state index in [9.17, 15) is 4.79 Å². The number of amides is 1. The minimum Gasteiger partial charge on any atom is -0.340 e. The number of nitrogens with one attached hydrogen (secondary N) is 2. The number of aromatic nitrogens is 3. The van der Waals surface area contributed by atoms with E-state index in [1.807, 2.05) is 59.4 Å². The Morgan fingerprint density at radius 1 is 1.04 bits per heavy atom. The van der Waals surface area contributed by atoms with Crippen LogP contribution in [0.25, 0.3) is 16.7 Å². The number of rotatable bonds is 3. The molecule has 6 nitrogen and oxygen atoms in total. The van der Waals surface area contributed by atoms with Gasteiger partial charge in [0.1, 0.15) is 11.6 Å². The first-order chi connectivity index (χ1) is 13.3. The Morgan fingerprint density at radius 3 is 2.89 bits per heavy atom. The first-order valence-electron chi connectivity index (χ1n) is 8.84. The van der Waals surface area contributed by atoms with Gasteiger partial charge in [0, 0.05) is 47.8 Å². The third-order valence-electron chi connectivity index (χ3n) is 4.74. The Morgan fingerprint density at radius 2 is 2.00 bits per heavy atom. The summed E-state index contributed by atoms with van der Waals surface area (Å²) in [5, 5.41) is 7.33. The van der Waals surface area contributed by atoms with Crippen LogP contribution >= 0.6 is 0 Å². The average Bonchev–Trinajstić information content (AvgIpc) is 3.12. The normalized spacial score (nSPS) is 13.3. The van der Waals surface area contributed by atoms with Gasteiger partial charge >= 0.3 is 0 Å². The second kappa shape index (κ2) is 6.25. The monoisotopic (exact) mass is 355 g/mol. The molecule has 4 heterocycles. The van der Waals surface area contributed by atoms with Crippen LogP contribution in [0.3, 0.4) is 0 Å². The fourth-order valence-corrected chi connectivity index (χ4v) is 3.40. The van der Waals surface area contributed by atoms with Crippen LogP contribution in [0.5, 0.6) is 0 Å². The maximum atomic E-state index is 11.5. The van der Waals surface area contributed by atoms with E-state index in [4.69, 9.17) is 0 Å². The zero-order valence-electron chi connectivity index (χ0n) is 14.5. The average molecular weight is 355 g/mol. The second-order valence-corrected chi connectivity index (χ2v) is 6.55. The van der Waals surface area contributed by atoms with E-state index in [1.54, 1.807) is 6.20 Å². The van der Waals surface area contributed by atoms with Gasteiger partial charge in [-0.1, -0.05) is 6.07 Å². The van der Waals surface area contributed by atoms with Crippen molar-refractivity contribution in [3.8, 4) is 5.82 Å².